The smallest absolute Gasteiger partial charge is 0.326 e. The van der Waals surface area contributed by atoms with Crippen molar-refractivity contribution in [3.8, 4) is 0 Å². The molecular weight excluding hydrogens is 478 g/mol. The van der Waals surface area contributed by atoms with Gasteiger partial charge in [-0.1, -0.05) is 13.8 Å². The number of nitrogens with two attached hydrogens (primary N) is 4. The number of amides is 6. The Bertz CT molecular complexity index is 833. The number of primary amides is 3. The Morgan fingerprint density at radius 3 is 1.47 bits per heavy atom. The van der Waals surface area contributed by atoms with Gasteiger partial charge < -0.3 is 44.0 Å². The van der Waals surface area contributed by atoms with Crippen LogP contribution in [0, 0.1) is 5.92 Å². The van der Waals surface area contributed by atoms with Crippen molar-refractivity contribution >= 4 is 41.4 Å². The van der Waals surface area contributed by atoms with E-state index < -0.39 is 65.6 Å². The van der Waals surface area contributed by atoms with Crippen LogP contribution in [0.5, 0.6) is 0 Å². The van der Waals surface area contributed by atoms with E-state index in [-0.39, 0.29) is 50.9 Å². The molecule has 0 aliphatic carbocycles. The Labute approximate surface area is 208 Å². The van der Waals surface area contributed by atoms with Crippen LogP contribution < -0.4 is 38.9 Å². The van der Waals surface area contributed by atoms with Gasteiger partial charge in [0.05, 0.1) is 6.04 Å². The van der Waals surface area contributed by atoms with Gasteiger partial charge in [0.2, 0.25) is 35.4 Å². The summed E-state index contributed by atoms with van der Waals surface area (Å²) in [5, 5.41) is 16.4. The first-order valence-electron chi connectivity index (χ1n) is 11.4. The molecule has 4 atom stereocenters. The van der Waals surface area contributed by atoms with Gasteiger partial charge in [-0.3, -0.25) is 28.8 Å². The fourth-order valence-electron chi connectivity index (χ4n) is 3.05. The van der Waals surface area contributed by atoms with Crippen LogP contribution in [-0.4, -0.2) is 70.7 Å². The first kappa shape index (κ1) is 32.2. The normalized spacial score (nSPS) is 14.1. The van der Waals surface area contributed by atoms with E-state index in [1.807, 2.05) is 0 Å². The van der Waals surface area contributed by atoms with Crippen molar-refractivity contribution in [2.24, 2.45) is 28.9 Å². The molecule has 0 saturated heterocycles. The fraction of sp³-hybridized carbons (Fsp3) is 0.667. The first-order valence-corrected chi connectivity index (χ1v) is 11.4. The number of carboxylic acid groups (broad SMARTS) is 1. The minimum atomic E-state index is -1.48. The molecule has 0 aromatic heterocycles. The topological polar surface area (TPSA) is 280 Å². The number of nitrogens with one attached hydrogen (secondary N) is 3. The maximum absolute atomic E-state index is 13.0. The molecule has 15 nitrogen and oxygen atoms in total. The monoisotopic (exact) mass is 515 g/mol. The highest BCUT2D eigenvalue weighted by atomic mass is 16.4. The van der Waals surface area contributed by atoms with E-state index in [0.717, 1.165) is 0 Å². The van der Waals surface area contributed by atoms with E-state index in [9.17, 15) is 38.7 Å². The molecule has 0 saturated carbocycles. The van der Waals surface area contributed by atoms with Gasteiger partial charge in [-0.05, 0) is 31.6 Å². The lowest BCUT2D eigenvalue weighted by atomic mass is 10.0. The molecule has 4 unspecified atom stereocenters. The van der Waals surface area contributed by atoms with Crippen molar-refractivity contribution in [1.29, 1.82) is 0 Å². The van der Waals surface area contributed by atoms with Gasteiger partial charge in [-0.15, -0.1) is 0 Å². The molecule has 0 aliphatic rings. The Hall–Kier alpha value is -3.75. The van der Waals surface area contributed by atoms with Gasteiger partial charge in [0.25, 0.3) is 0 Å². The second-order valence-electron chi connectivity index (χ2n) is 8.77. The largest absolute Gasteiger partial charge is 0.480 e. The summed E-state index contributed by atoms with van der Waals surface area (Å²) < 4.78 is 0. The maximum atomic E-state index is 13.0. The van der Waals surface area contributed by atoms with E-state index in [1.165, 1.54) is 0 Å². The summed E-state index contributed by atoms with van der Waals surface area (Å²) in [6.45, 7) is 3.57. The summed E-state index contributed by atoms with van der Waals surface area (Å²) in [6.07, 6.45) is -1.18. The van der Waals surface area contributed by atoms with Crippen molar-refractivity contribution in [3.05, 3.63) is 0 Å². The van der Waals surface area contributed by atoms with E-state index in [2.05, 4.69) is 16.0 Å². The zero-order valence-corrected chi connectivity index (χ0v) is 20.5. The molecule has 0 aromatic carbocycles. The van der Waals surface area contributed by atoms with Crippen molar-refractivity contribution in [3.63, 3.8) is 0 Å². The molecular formula is C21H37N7O8. The summed E-state index contributed by atoms with van der Waals surface area (Å²) in [5.41, 5.74) is 21.0. The molecule has 0 aliphatic heterocycles. The highest BCUT2D eigenvalue weighted by Crippen LogP contribution is 2.08. The minimum absolute atomic E-state index is 0.0390. The summed E-state index contributed by atoms with van der Waals surface area (Å²) in [4.78, 5) is 82.8. The molecule has 15 heteroatoms. The second kappa shape index (κ2) is 16.0. The molecule has 0 radical (unpaired) electrons. The average molecular weight is 516 g/mol. The molecule has 0 heterocycles. The van der Waals surface area contributed by atoms with E-state index in [4.69, 9.17) is 22.9 Å². The highest BCUT2D eigenvalue weighted by Gasteiger charge is 2.31. The third-order valence-corrected chi connectivity index (χ3v) is 4.98. The maximum Gasteiger partial charge on any atom is 0.326 e. The Balaban J connectivity index is 5.57. The zero-order chi connectivity index (χ0) is 28.0. The molecule has 204 valence electrons. The lowest BCUT2D eigenvalue weighted by molar-refractivity contribution is -0.143. The van der Waals surface area contributed by atoms with Gasteiger partial charge in [0, 0.05) is 19.3 Å². The Kier molecular flexibility index (Phi) is 14.4. The fourth-order valence-corrected chi connectivity index (χ4v) is 3.05. The SMILES string of the molecule is CC(C)CC(NC(=O)C(N)CCC(N)=O)C(=O)NC(CCC(N)=O)C(=O)NC(CCC(N)=O)C(=O)O. The predicted molar refractivity (Wildman–Crippen MR) is 126 cm³/mol. The minimum Gasteiger partial charge on any atom is -0.480 e. The van der Waals surface area contributed by atoms with Gasteiger partial charge >= 0.3 is 5.97 Å². The summed E-state index contributed by atoms with van der Waals surface area (Å²) in [5.74, 6) is -6.12. The van der Waals surface area contributed by atoms with Gasteiger partial charge in [-0.2, -0.15) is 0 Å². The van der Waals surface area contributed by atoms with E-state index in [1.54, 1.807) is 13.8 Å². The third kappa shape index (κ3) is 13.8. The quantitative estimate of drug-likeness (QED) is 0.0905. The standard InChI is InChI=1S/C21H37N7O8/c1-10(2)9-14(28-18(32)11(22)3-6-15(23)29)20(34)26-12(4-7-16(24)30)19(33)27-13(21(35)36)5-8-17(25)31/h10-14H,3-9,22H2,1-2H3,(H2,23,29)(H2,24,30)(H2,25,31)(H,26,34)(H,27,33)(H,28,32)(H,35,36). The van der Waals surface area contributed by atoms with E-state index in [0.29, 0.717) is 0 Å². The number of carbonyl (C=O) groups is 7. The van der Waals surface area contributed by atoms with Gasteiger partial charge in [0.15, 0.2) is 0 Å². The number of carbonyl (C=O) groups excluding carboxylic acids is 6. The van der Waals surface area contributed by atoms with Crippen LogP contribution in [0.15, 0.2) is 0 Å². The second-order valence-corrected chi connectivity index (χ2v) is 8.77. The van der Waals surface area contributed by atoms with Crippen LogP contribution in [0.1, 0.15) is 58.8 Å². The van der Waals surface area contributed by atoms with Crippen molar-refractivity contribution in [2.75, 3.05) is 0 Å². The van der Waals surface area contributed by atoms with Crippen LogP contribution in [-0.2, 0) is 33.6 Å². The number of rotatable bonds is 18. The number of aliphatic carboxylic acids is 1. The molecule has 0 bridgehead atoms. The predicted octanol–water partition coefficient (Wildman–Crippen LogP) is -3.30. The lowest BCUT2D eigenvalue weighted by Gasteiger charge is -2.26. The molecule has 6 amide bonds. The van der Waals surface area contributed by atoms with Crippen molar-refractivity contribution in [1.82, 2.24) is 16.0 Å². The molecule has 0 spiro atoms. The van der Waals surface area contributed by atoms with Gasteiger partial charge in [0.1, 0.15) is 18.1 Å². The molecule has 0 aromatic rings. The van der Waals surface area contributed by atoms with Crippen molar-refractivity contribution < 1.29 is 38.7 Å². The average Bonchev–Trinajstić information content (AvgIpc) is 2.75. The Morgan fingerprint density at radius 1 is 0.639 bits per heavy atom. The first-order chi connectivity index (χ1) is 16.6. The van der Waals surface area contributed by atoms with Crippen molar-refractivity contribution in [2.45, 2.75) is 83.0 Å². The number of hydrogen-bond donors (Lipinski definition) is 8. The van der Waals surface area contributed by atoms with Gasteiger partial charge in [-0.25, -0.2) is 4.79 Å². The summed E-state index contributed by atoms with van der Waals surface area (Å²) in [6, 6.07) is -5.11. The van der Waals surface area contributed by atoms with Crippen LogP contribution in [0.3, 0.4) is 0 Å². The Morgan fingerprint density at radius 2 is 1.03 bits per heavy atom. The summed E-state index contributed by atoms with van der Waals surface area (Å²) in [7, 11) is 0. The summed E-state index contributed by atoms with van der Waals surface area (Å²) >= 11 is 0. The molecule has 36 heavy (non-hydrogen) atoms. The highest BCUT2D eigenvalue weighted by molar-refractivity contribution is 5.94. The van der Waals surface area contributed by atoms with Crippen LogP contribution >= 0.6 is 0 Å². The van der Waals surface area contributed by atoms with Crippen LogP contribution in [0.4, 0.5) is 0 Å². The zero-order valence-electron chi connectivity index (χ0n) is 20.5. The molecule has 12 N–H and O–H groups in total. The molecule has 0 fully saturated rings. The number of hydrogen-bond acceptors (Lipinski definition) is 8. The third-order valence-electron chi connectivity index (χ3n) is 4.98. The van der Waals surface area contributed by atoms with Crippen LogP contribution in [0.25, 0.3) is 0 Å². The number of carboxylic acids is 1. The lowest BCUT2D eigenvalue weighted by Crippen LogP contribution is -2.57. The van der Waals surface area contributed by atoms with E-state index >= 15 is 0 Å². The van der Waals surface area contributed by atoms with Crippen LogP contribution in [0.2, 0.25) is 0 Å². The molecule has 0 rings (SSSR count).